The maximum atomic E-state index is 11.5. The standard InChI is InChI=1S/C12H17NO3/c1-7(2)5-4-6-9(14)10-11(15)8(3)13-12(10)16/h4,6-8,14H,5H2,1-3H3,(H,13,16)/b6-4+,10-9-/t8-/m0/s1. The van der Waals surface area contributed by atoms with Gasteiger partial charge in [-0.3, -0.25) is 9.59 Å². The van der Waals surface area contributed by atoms with E-state index in [9.17, 15) is 14.7 Å². The second-order valence-electron chi connectivity index (χ2n) is 4.35. The lowest BCUT2D eigenvalue weighted by atomic mass is 10.1. The average Bonchev–Trinajstić information content (AvgIpc) is 2.40. The fraction of sp³-hybridized carbons (Fsp3) is 0.500. The third-order valence-electron chi connectivity index (χ3n) is 2.35. The Balaban J connectivity index is 2.84. The lowest BCUT2D eigenvalue weighted by molar-refractivity contribution is -0.117. The van der Waals surface area contributed by atoms with Crippen LogP contribution in [0, 0.1) is 5.92 Å². The maximum absolute atomic E-state index is 11.5. The van der Waals surface area contributed by atoms with Crippen molar-refractivity contribution in [1.82, 2.24) is 5.32 Å². The number of aliphatic hydroxyl groups is 1. The molecular weight excluding hydrogens is 206 g/mol. The largest absolute Gasteiger partial charge is 0.507 e. The van der Waals surface area contributed by atoms with Gasteiger partial charge in [0.15, 0.2) is 5.78 Å². The lowest BCUT2D eigenvalue weighted by Gasteiger charge is -1.98. The van der Waals surface area contributed by atoms with Gasteiger partial charge in [-0.1, -0.05) is 19.9 Å². The SMILES string of the molecule is CC(C)C/C=C/C(O)=C1/C(=O)N[C@@H](C)C1=O. The van der Waals surface area contributed by atoms with Crippen molar-refractivity contribution in [1.29, 1.82) is 0 Å². The molecule has 0 unspecified atom stereocenters. The van der Waals surface area contributed by atoms with E-state index in [2.05, 4.69) is 5.32 Å². The van der Waals surface area contributed by atoms with E-state index in [4.69, 9.17) is 0 Å². The van der Waals surface area contributed by atoms with E-state index in [0.717, 1.165) is 6.42 Å². The van der Waals surface area contributed by atoms with Gasteiger partial charge >= 0.3 is 0 Å². The summed E-state index contributed by atoms with van der Waals surface area (Å²) in [5, 5.41) is 12.1. The summed E-state index contributed by atoms with van der Waals surface area (Å²) in [6.45, 7) is 5.69. The highest BCUT2D eigenvalue weighted by Crippen LogP contribution is 2.14. The molecule has 1 rings (SSSR count). The lowest BCUT2D eigenvalue weighted by Crippen LogP contribution is -2.25. The van der Waals surface area contributed by atoms with Gasteiger partial charge in [0.25, 0.3) is 5.91 Å². The van der Waals surface area contributed by atoms with Crippen molar-refractivity contribution in [3.05, 3.63) is 23.5 Å². The van der Waals surface area contributed by atoms with E-state index in [1.54, 1.807) is 13.0 Å². The van der Waals surface area contributed by atoms with Crippen LogP contribution in [0.4, 0.5) is 0 Å². The highest BCUT2D eigenvalue weighted by Gasteiger charge is 2.34. The van der Waals surface area contributed by atoms with Gasteiger partial charge in [0.1, 0.15) is 11.3 Å². The minimum Gasteiger partial charge on any atom is -0.507 e. The smallest absolute Gasteiger partial charge is 0.259 e. The van der Waals surface area contributed by atoms with E-state index in [0.29, 0.717) is 5.92 Å². The molecule has 0 radical (unpaired) electrons. The number of carbonyl (C=O) groups is 2. The van der Waals surface area contributed by atoms with E-state index < -0.39 is 11.9 Å². The Morgan fingerprint density at radius 3 is 2.56 bits per heavy atom. The Morgan fingerprint density at radius 1 is 1.50 bits per heavy atom. The van der Waals surface area contributed by atoms with Gasteiger partial charge in [-0.15, -0.1) is 0 Å². The summed E-state index contributed by atoms with van der Waals surface area (Å²) in [5.41, 5.74) is -0.132. The molecule has 4 heteroatoms. The molecule has 1 amide bonds. The van der Waals surface area contributed by atoms with Crippen molar-refractivity contribution >= 4 is 11.7 Å². The molecule has 0 bridgehead atoms. The molecule has 1 fully saturated rings. The highest BCUT2D eigenvalue weighted by atomic mass is 16.3. The quantitative estimate of drug-likeness (QED) is 0.433. The first-order chi connectivity index (χ1) is 7.43. The Hall–Kier alpha value is -1.58. The van der Waals surface area contributed by atoms with Gasteiger partial charge in [0, 0.05) is 0 Å². The van der Waals surface area contributed by atoms with Crippen molar-refractivity contribution in [3.8, 4) is 0 Å². The molecular formula is C12H17NO3. The van der Waals surface area contributed by atoms with Gasteiger partial charge in [0.05, 0.1) is 6.04 Å². The topological polar surface area (TPSA) is 66.4 Å². The van der Waals surface area contributed by atoms with Crippen LogP contribution < -0.4 is 5.32 Å². The van der Waals surface area contributed by atoms with E-state index in [1.165, 1.54) is 6.08 Å². The van der Waals surface area contributed by atoms with Crippen LogP contribution in [0.2, 0.25) is 0 Å². The number of carbonyl (C=O) groups excluding carboxylic acids is 2. The first kappa shape index (κ1) is 12.5. The molecule has 1 heterocycles. The number of hydrogen-bond acceptors (Lipinski definition) is 3. The molecule has 1 saturated heterocycles. The fourth-order valence-corrected chi connectivity index (χ4v) is 1.44. The van der Waals surface area contributed by atoms with E-state index >= 15 is 0 Å². The third-order valence-corrected chi connectivity index (χ3v) is 2.35. The summed E-state index contributed by atoms with van der Waals surface area (Å²) in [6.07, 6.45) is 3.98. The summed E-state index contributed by atoms with van der Waals surface area (Å²) in [6, 6.07) is -0.539. The highest BCUT2D eigenvalue weighted by molar-refractivity contribution is 6.26. The second kappa shape index (κ2) is 4.96. The Labute approximate surface area is 95.0 Å². The summed E-state index contributed by atoms with van der Waals surface area (Å²) >= 11 is 0. The zero-order chi connectivity index (χ0) is 12.3. The minimum atomic E-state index is -0.539. The van der Waals surface area contributed by atoms with Gasteiger partial charge in [-0.05, 0) is 25.3 Å². The van der Waals surface area contributed by atoms with Crippen LogP contribution in [0.5, 0.6) is 0 Å². The first-order valence-electron chi connectivity index (χ1n) is 5.38. The molecule has 1 aliphatic heterocycles. The van der Waals surface area contributed by atoms with E-state index in [1.807, 2.05) is 13.8 Å². The van der Waals surface area contributed by atoms with E-state index in [-0.39, 0.29) is 17.1 Å². The number of hydrogen-bond donors (Lipinski definition) is 2. The van der Waals surface area contributed by atoms with Crippen LogP contribution in [0.25, 0.3) is 0 Å². The van der Waals surface area contributed by atoms with Crippen LogP contribution in [0.15, 0.2) is 23.5 Å². The summed E-state index contributed by atoms with van der Waals surface area (Å²) in [5.74, 6) is -0.616. The molecule has 0 aromatic carbocycles. The molecule has 88 valence electrons. The zero-order valence-corrected chi connectivity index (χ0v) is 9.78. The van der Waals surface area contributed by atoms with Crippen LogP contribution >= 0.6 is 0 Å². The molecule has 0 saturated carbocycles. The number of Topliss-reactive ketones (excluding diaryl/α,β-unsaturated/α-hetero) is 1. The molecule has 1 aliphatic rings. The van der Waals surface area contributed by atoms with Gasteiger partial charge < -0.3 is 10.4 Å². The van der Waals surface area contributed by atoms with Gasteiger partial charge in [0.2, 0.25) is 0 Å². The minimum absolute atomic E-state index is 0.132. The van der Waals surface area contributed by atoms with Crippen LogP contribution in [-0.2, 0) is 9.59 Å². The predicted molar refractivity (Wildman–Crippen MR) is 60.9 cm³/mol. The Bertz CT molecular complexity index is 366. The van der Waals surface area contributed by atoms with Gasteiger partial charge in [-0.25, -0.2) is 0 Å². The maximum Gasteiger partial charge on any atom is 0.259 e. The Kier molecular flexibility index (Phi) is 3.88. The molecule has 2 N–H and O–H groups in total. The van der Waals surface area contributed by atoms with Crippen molar-refractivity contribution in [2.45, 2.75) is 33.2 Å². The molecule has 0 aromatic heterocycles. The summed E-state index contributed by atoms with van der Waals surface area (Å²) in [7, 11) is 0. The van der Waals surface area contributed by atoms with Crippen LogP contribution in [0.1, 0.15) is 27.2 Å². The van der Waals surface area contributed by atoms with Crippen LogP contribution in [0.3, 0.4) is 0 Å². The van der Waals surface area contributed by atoms with Crippen molar-refractivity contribution in [2.75, 3.05) is 0 Å². The zero-order valence-electron chi connectivity index (χ0n) is 9.78. The fourth-order valence-electron chi connectivity index (χ4n) is 1.44. The average molecular weight is 223 g/mol. The molecule has 1 atom stereocenters. The monoisotopic (exact) mass is 223 g/mol. The number of amides is 1. The predicted octanol–water partition coefficient (Wildman–Crippen LogP) is 1.49. The normalized spacial score (nSPS) is 24.4. The molecule has 0 spiro atoms. The molecule has 4 nitrogen and oxygen atoms in total. The number of rotatable bonds is 3. The molecule has 0 aromatic rings. The third kappa shape index (κ3) is 2.72. The first-order valence-corrected chi connectivity index (χ1v) is 5.38. The second-order valence-corrected chi connectivity index (χ2v) is 4.35. The number of ketones is 1. The molecule has 0 aliphatic carbocycles. The van der Waals surface area contributed by atoms with Crippen LogP contribution in [-0.4, -0.2) is 22.8 Å². The summed E-state index contributed by atoms with van der Waals surface area (Å²) < 4.78 is 0. The van der Waals surface area contributed by atoms with Crippen molar-refractivity contribution in [3.63, 3.8) is 0 Å². The molecule has 16 heavy (non-hydrogen) atoms. The van der Waals surface area contributed by atoms with Gasteiger partial charge in [-0.2, -0.15) is 0 Å². The number of aliphatic hydroxyl groups excluding tert-OH is 1. The summed E-state index contributed by atoms with van der Waals surface area (Å²) in [4.78, 5) is 22.9. The number of allylic oxidation sites excluding steroid dienone is 2. The van der Waals surface area contributed by atoms with Crippen molar-refractivity contribution in [2.24, 2.45) is 5.92 Å². The number of nitrogens with one attached hydrogen (secondary N) is 1. The van der Waals surface area contributed by atoms with Crippen molar-refractivity contribution < 1.29 is 14.7 Å². The Morgan fingerprint density at radius 2 is 2.12 bits per heavy atom.